The highest BCUT2D eigenvalue weighted by Gasteiger charge is 2.23. The summed E-state index contributed by atoms with van der Waals surface area (Å²) >= 11 is 0. The van der Waals surface area contributed by atoms with Crippen LogP contribution in [0.3, 0.4) is 0 Å². The molecule has 5 nitrogen and oxygen atoms in total. The van der Waals surface area contributed by atoms with E-state index in [1.165, 1.54) is 11.4 Å². The molecule has 0 atom stereocenters. The van der Waals surface area contributed by atoms with Gasteiger partial charge in [0.15, 0.2) is 0 Å². The van der Waals surface area contributed by atoms with E-state index in [0.717, 1.165) is 56.5 Å². The molecule has 1 aromatic heterocycles. The summed E-state index contributed by atoms with van der Waals surface area (Å²) in [7, 11) is 0. The van der Waals surface area contributed by atoms with Gasteiger partial charge >= 0.3 is 5.69 Å². The molecular weight excluding hydrogens is 432 g/mol. The molecule has 0 bridgehead atoms. The summed E-state index contributed by atoms with van der Waals surface area (Å²) in [4.78, 5) is 20.5. The fourth-order valence-corrected chi connectivity index (χ4v) is 4.91. The van der Waals surface area contributed by atoms with Crippen LogP contribution in [0.15, 0.2) is 89.7 Å². The Morgan fingerprint density at radius 1 is 0.818 bits per heavy atom. The van der Waals surface area contributed by atoms with Gasteiger partial charge in [-0.05, 0) is 62.2 Å². The van der Waals surface area contributed by atoms with Crippen LogP contribution < -0.4 is 10.6 Å². The van der Waals surface area contributed by atoms with Gasteiger partial charge in [-0.3, -0.25) is 4.57 Å². The summed E-state index contributed by atoms with van der Waals surface area (Å²) in [5, 5.41) is 0. The van der Waals surface area contributed by atoms with Gasteiger partial charge < -0.3 is 14.8 Å². The van der Waals surface area contributed by atoms with Gasteiger partial charge in [-0.1, -0.05) is 48.5 Å². The van der Waals surface area contributed by atoms with Gasteiger partial charge in [0.1, 0.15) is 0 Å². The average molecular weight is 463 g/mol. The smallest absolute Gasteiger partial charge is 0.326 e. The first-order chi connectivity index (χ1) is 15.8. The van der Waals surface area contributed by atoms with Gasteiger partial charge in [-0.2, -0.15) is 0 Å². The molecule has 5 rings (SSSR count). The van der Waals surface area contributed by atoms with Crippen molar-refractivity contribution in [2.45, 2.75) is 25.3 Å². The molecule has 1 aliphatic rings. The number of piperidine rings is 1. The fraction of sp³-hybridized carbons (Fsp3) is 0.296. The molecule has 0 saturated carbocycles. The molecule has 3 aromatic carbocycles. The number of aromatic nitrogens is 2. The minimum absolute atomic E-state index is 0. The normalized spacial score (nSPS) is 14.8. The molecule has 0 radical (unpaired) electrons. The Morgan fingerprint density at radius 2 is 1.39 bits per heavy atom. The molecule has 172 valence electrons. The Kier molecular flexibility index (Phi) is 7.53. The summed E-state index contributed by atoms with van der Waals surface area (Å²) in [5.41, 5.74) is 4.44. The van der Waals surface area contributed by atoms with E-state index in [1.54, 1.807) is 0 Å². The molecule has 1 saturated heterocycles. The van der Waals surface area contributed by atoms with E-state index in [4.69, 9.17) is 0 Å². The lowest BCUT2D eigenvalue weighted by Crippen LogP contribution is -2.38. The van der Waals surface area contributed by atoms with Crippen molar-refractivity contribution in [1.82, 2.24) is 14.5 Å². The summed E-state index contributed by atoms with van der Waals surface area (Å²) < 4.78 is 1.97. The Hall–Kier alpha value is -3.02. The molecule has 33 heavy (non-hydrogen) atoms. The molecule has 0 unspecified atom stereocenters. The largest absolute Gasteiger partial charge is 0.341 e. The van der Waals surface area contributed by atoms with E-state index < -0.39 is 0 Å². The Bertz CT molecular complexity index is 1160. The van der Waals surface area contributed by atoms with Crippen molar-refractivity contribution >= 4 is 34.8 Å². The van der Waals surface area contributed by atoms with Crippen LogP contribution in [0.2, 0.25) is 0 Å². The lowest BCUT2D eigenvalue weighted by atomic mass is 10.0. The highest BCUT2D eigenvalue weighted by molar-refractivity contribution is 5.85. The highest BCUT2D eigenvalue weighted by atomic mass is 35.5. The van der Waals surface area contributed by atoms with Crippen LogP contribution in [0.1, 0.15) is 25.3 Å². The first-order valence-corrected chi connectivity index (χ1v) is 11.6. The molecule has 0 spiro atoms. The maximum absolute atomic E-state index is 12.5. The van der Waals surface area contributed by atoms with Crippen molar-refractivity contribution < 1.29 is 0 Å². The number of nitrogens with one attached hydrogen (secondary N) is 1. The second-order valence-electron chi connectivity index (χ2n) is 8.57. The van der Waals surface area contributed by atoms with Crippen molar-refractivity contribution in [3.8, 4) is 0 Å². The van der Waals surface area contributed by atoms with Crippen molar-refractivity contribution in [2.24, 2.45) is 0 Å². The average Bonchev–Trinajstić information content (AvgIpc) is 3.19. The maximum atomic E-state index is 12.5. The van der Waals surface area contributed by atoms with E-state index in [1.807, 2.05) is 28.8 Å². The van der Waals surface area contributed by atoms with Crippen molar-refractivity contribution in [3.63, 3.8) is 0 Å². The monoisotopic (exact) mass is 462 g/mol. The zero-order valence-electron chi connectivity index (χ0n) is 18.8. The summed E-state index contributed by atoms with van der Waals surface area (Å²) in [5.74, 6) is 0. The van der Waals surface area contributed by atoms with E-state index in [-0.39, 0.29) is 24.1 Å². The molecule has 4 aromatic rings. The molecule has 1 aliphatic heterocycles. The zero-order valence-corrected chi connectivity index (χ0v) is 19.6. The number of halogens is 1. The topological polar surface area (TPSA) is 44.3 Å². The summed E-state index contributed by atoms with van der Waals surface area (Å²) in [6.07, 6.45) is 3.13. The standard InChI is InChI=1S/C27H30N4O.ClH/c32-27-28-25-14-7-8-15-26(25)31(27)24-16-20-29(21-17-24)18-9-19-30(22-10-3-1-4-11-22)23-12-5-2-6-13-23;/h1-8,10-15,24H,9,16-21H2,(H,28,32);1H. The van der Waals surface area contributed by atoms with Crippen molar-refractivity contribution in [1.29, 1.82) is 0 Å². The van der Waals surface area contributed by atoms with Gasteiger partial charge in [0.2, 0.25) is 0 Å². The third-order valence-corrected chi connectivity index (χ3v) is 6.54. The van der Waals surface area contributed by atoms with Crippen LogP contribution in [-0.2, 0) is 0 Å². The number of para-hydroxylation sites is 4. The number of anilines is 2. The van der Waals surface area contributed by atoms with Crippen LogP contribution >= 0.6 is 12.4 Å². The highest BCUT2D eigenvalue weighted by Crippen LogP contribution is 2.27. The second kappa shape index (κ2) is 10.7. The molecule has 1 N–H and O–H groups in total. The number of aromatic amines is 1. The van der Waals surface area contributed by atoms with Gasteiger partial charge in [0.05, 0.1) is 11.0 Å². The predicted octanol–water partition coefficient (Wildman–Crippen LogP) is 5.62. The molecule has 2 heterocycles. The first kappa shape index (κ1) is 23.1. The number of rotatable bonds is 7. The quantitative estimate of drug-likeness (QED) is 0.388. The minimum atomic E-state index is 0. The number of H-pyrrole nitrogens is 1. The zero-order chi connectivity index (χ0) is 21.8. The number of nitrogens with zero attached hydrogens (tertiary/aromatic N) is 3. The number of hydrogen-bond acceptors (Lipinski definition) is 3. The second-order valence-corrected chi connectivity index (χ2v) is 8.57. The lowest BCUT2D eigenvalue weighted by molar-refractivity contribution is 0.186. The Labute approximate surface area is 201 Å². The number of likely N-dealkylation sites (tertiary alicyclic amines) is 1. The number of benzene rings is 3. The molecular formula is C27H31ClN4O. The van der Waals surface area contributed by atoms with Gasteiger partial charge in [0.25, 0.3) is 0 Å². The lowest BCUT2D eigenvalue weighted by Gasteiger charge is -2.33. The first-order valence-electron chi connectivity index (χ1n) is 11.6. The Morgan fingerprint density at radius 3 is 2.03 bits per heavy atom. The minimum Gasteiger partial charge on any atom is -0.341 e. The van der Waals surface area contributed by atoms with E-state index in [2.05, 4.69) is 75.4 Å². The SMILES string of the molecule is Cl.O=c1[nH]c2ccccc2n1C1CCN(CCCN(c2ccccc2)c2ccccc2)CC1. The maximum Gasteiger partial charge on any atom is 0.326 e. The van der Waals surface area contributed by atoms with Gasteiger partial charge in [0, 0.05) is 37.1 Å². The van der Waals surface area contributed by atoms with Crippen LogP contribution in [-0.4, -0.2) is 40.6 Å². The molecule has 6 heteroatoms. The van der Waals surface area contributed by atoms with E-state index >= 15 is 0 Å². The molecule has 0 amide bonds. The predicted molar refractivity (Wildman–Crippen MR) is 139 cm³/mol. The van der Waals surface area contributed by atoms with Crippen LogP contribution in [0, 0.1) is 0 Å². The van der Waals surface area contributed by atoms with E-state index in [0.29, 0.717) is 0 Å². The van der Waals surface area contributed by atoms with Gasteiger partial charge in [-0.15, -0.1) is 12.4 Å². The van der Waals surface area contributed by atoms with Crippen LogP contribution in [0.5, 0.6) is 0 Å². The van der Waals surface area contributed by atoms with Crippen LogP contribution in [0.25, 0.3) is 11.0 Å². The van der Waals surface area contributed by atoms with E-state index in [9.17, 15) is 4.79 Å². The fourth-order valence-electron chi connectivity index (χ4n) is 4.91. The number of imidazole rings is 1. The Balaban J connectivity index is 0.00000259. The number of fused-ring (bicyclic) bond motifs is 1. The summed E-state index contributed by atoms with van der Waals surface area (Å²) in [6, 6.07) is 29.5. The van der Waals surface area contributed by atoms with Crippen LogP contribution in [0.4, 0.5) is 11.4 Å². The molecule has 1 fully saturated rings. The van der Waals surface area contributed by atoms with Gasteiger partial charge in [-0.25, -0.2) is 4.79 Å². The van der Waals surface area contributed by atoms with Crippen molar-refractivity contribution in [2.75, 3.05) is 31.1 Å². The third kappa shape index (κ3) is 5.15. The van der Waals surface area contributed by atoms with Crippen molar-refractivity contribution in [3.05, 3.63) is 95.4 Å². The molecule has 0 aliphatic carbocycles. The number of hydrogen-bond donors (Lipinski definition) is 1. The third-order valence-electron chi connectivity index (χ3n) is 6.54. The summed E-state index contributed by atoms with van der Waals surface area (Å²) in [6.45, 7) is 4.13.